The minimum Gasteiger partial charge on any atom is -0.331 e. The molecule has 0 aliphatic rings. The Kier molecular flexibility index (Phi) is 3.85. The Morgan fingerprint density at radius 2 is 2.22 bits per heavy atom. The Hall–Kier alpha value is -1.16. The predicted molar refractivity (Wildman–Crippen MR) is 77.4 cm³/mol. The summed E-state index contributed by atoms with van der Waals surface area (Å²) in [5.74, 6) is 1.10. The molecule has 0 N–H and O–H groups in total. The highest BCUT2D eigenvalue weighted by Crippen LogP contribution is 2.20. The highest BCUT2D eigenvalue weighted by atomic mass is 79.9. The molecule has 1 atom stereocenters. The van der Waals surface area contributed by atoms with E-state index in [1.807, 2.05) is 36.7 Å². The standard InChI is InChI=1S/C14H17BrN2O/c1-4-5-11(15)14(18)10-6-7-13-12(8-10)16-9(2)17(13)3/h6-8,11H,4-5H2,1-3H3. The third-order valence-corrected chi connectivity index (χ3v) is 4.09. The van der Waals surface area contributed by atoms with Gasteiger partial charge in [-0.1, -0.05) is 29.3 Å². The molecule has 18 heavy (non-hydrogen) atoms. The van der Waals surface area contributed by atoms with Gasteiger partial charge in [0, 0.05) is 12.6 Å². The monoisotopic (exact) mass is 308 g/mol. The summed E-state index contributed by atoms with van der Waals surface area (Å²) in [4.78, 5) is 16.6. The van der Waals surface area contributed by atoms with Crippen molar-refractivity contribution < 1.29 is 4.79 Å². The highest BCUT2D eigenvalue weighted by Gasteiger charge is 2.17. The smallest absolute Gasteiger partial charge is 0.176 e. The van der Waals surface area contributed by atoms with Gasteiger partial charge in [-0.25, -0.2) is 4.98 Å². The van der Waals surface area contributed by atoms with Crippen LogP contribution in [0.4, 0.5) is 0 Å². The molecule has 2 aromatic rings. The molecule has 2 rings (SSSR count). The fourth-order valence-electron chi connectivity index (χ4n) is 2.04. The number of carbonyl (C=O) groups is 1. The summed E-state index contributed by atoms with van der Waals surface area (Å²) in [6.45, 7) is 4.04. The summed E-state index contributed by atoms with van der Waals surface area (Å²) in [7, 11) is 1.98. The molecule has 0 aliphatic heterocycles. The van der Waals surface area contributed by atoms with Crippen LogP contribution in [0, 0.1) is 6.92 Å². The topological polar surface area (TPSA) is 34.9 Å². The summed E-state index contributed by atoms with van der Waals surface area (Å²) in [6.07, 6.45) is 1.85. The molecule has 3 nitrogen and oxygen atoms in total. The normalized spacial score (nSPS) is 12.9. The second kappa shape index (κ2) is 5.22. The average molecular weight is 309 g/mol. The number of aryl methyl sites for hydroxylation is 2. The van der Waals surface area contributed by atoms with Crippen molar-refractivity contribution in [3.8, 4) is 0 Å². The van der Waals surface area contributed by atoms with E-state index in [0.717, 1.165) is 35.3 Å². The van der Waals surface area contributed by atoms with Crippen LogP contribution in [0.3, 0.4) is 0 Å². The zero-order chi connectivity index (χ0) is 13.3. The summed E-state index contributed by atoms with van der Waals surface area (Å²) in [5, 5.41) is 0. The lowest BCUT2D eigenvalue weighted by molar-refractivity contribution is 0.0988. The molecule has 1 heterocycles. The molecule has 1 aromatic carbocycles. The van der Waals surface area contributed by atoms with Gasteiger partial charge in [0.05, 0.1) is 15.9 Å². The number of alkyl halides is 1. The maximum absolute atomic E-state index is 12.2. The van der Waals surface area contributed by atoms with Gasteiger partial charge in [-0.2, -0.15) is 0 Å². The van der Waals surface area contributed by atoms with Crippen LogP contribution in [0.2, 0.25) is 0 Å². The van der Waals surface area contributed by atoms with Crippen LogP contribution in [0.25, 0.3) is 11.0 Å². The molecule has 0 saturated heterocycles. The van der Waals surface area contributed by atoms with Crippen molar-refractivity contribution in [3.05, 3.63) is 29.6 Å². The van der Waals surface area contributed by atoms with E-state index in [4.69, 9.17) is 0 Å². The molecule has 0 saturated carbocycles. The Labute approximate surface area is 115 Å². The number of Topliss-reactive ketones (excluding diaryl/α,β-unsaturated/α-hetero) is 1. The average Bonchev–Trinajstić information content (AvgIpc) is 2.64. The Morgan fingerprint density at radius 1 is 1.50 bits per heavy atom. The number of benzene rings is 1. The first kappa shape index (κ1) is 13.3. The number of imidazole rings is 1. The number of nitrogens with zero attached hydrogens (tertiary/aromatic N) is 2. The molecule has 0 radical (unpaired) electrons. The third kappa shape index (κ3) is 2.34. The number of hydrogen-bond donors (Lipinski definition) is 0. The number of ketones is 1. The van der Waals surface area contributed by atoms with Crippen LogP contribution in [-0.4, -0.2) is 20.2 Å². The van der Waals surface area contributed by atoms with Crippen molar-refractivity contribution in [2.75, 3.05) is 0 Å². The van der Waals surface area contributed by atoms with Crippen molar-refractivity contribution in [2.24, 2.45) is 7.05 Å². The summed E-state index contributed by atoms with van der Waals surface area (Å²) in [5.41, 5.74) is 2.68. The number of fused-ring (bicyclic) bond motifs is 1. The lowest BCUT2D eigenvalue weighted by atomic mass is 10.1. The minimum absolute atomic E-state index is 0.0928. The number of hydrogen-bond acceptors (Lipinski definition) is 2. The number of halogens is 1. The van der Waals surface area contributed by atoms with Crippen LogP contribution in [0.15, 0.2) is 18.2 Å². The fraction of sp³-hybridized carbons (Fsp3) is 0.429. The SMILES string of the molecule is CCCC(Br)C(=O)c1ccc2c(c1)nc(C)n2C. The van der Waals surface area contributed by atoms with Crippen LogP contribution >= 0.6 is 15.9 Å². The number of rotatable bonds is 4. The van der Waals surface area contributed by atoms with Crippen molar-refractivity contribution in [1.29, 1.82) is 0 Å². The fourth-order valence-corrected chi connectivity index (χ4v) is 2.76. The molecule has 0 fully saturated rings. The summed E-state index contributed by atoms with van der Waals surface area (Å²) >= 11 is 3.45. The Bertz CT molecular complexity index is 589. The van der Waals surface area contributed by atoms with Gasteiger partial charge in [-0.05, 0) is 31.5 Å². The third-order valence-electron chi connectivity index (χ3n) is 3.22. The summed E-state index contributed by atoms with van der Waals surface area (Å²) in [6, 6.07) is 5.73. The first-order chi connectivity index (χ1) is 8.54. The predicted octanol–water partition coefficient (Wildman–Crippen LogP) is 3.63. The largest absolute Gasteiger partial charge is 0.331 e. The summed E-state index contributed by atoms with van der Waals surface area (Å²) < 4.78 is 2.03. The molecular formula is C14H17BrN2O. The van der Waals surface area contributed by atoms with E-state index in [2.05, 4.69) is 27.8 Å². The minimum atomic E-state index is -0.0928. The molecule has 0 spiro atoms. The second-order valence-electron chi connectivity index (χ2n) is 4.54. The zero-order valence-electron chi connectivity index (χ0n) is 10.9. The lowest BCUT2D eigenvalue weighted by Gasteiger charge is -2.07. The van der Waals surface area contributed by atoms with E-state index in [1.165, 1.54) is 0 Å². The second-order valence-corrected chi connectivity index (χ2v) is 5.65. The highest BCUT2D eigenvalue weighted by molar-refractivity contribution is 9.10. The molecule has 1 aromatic heterocycles. The molecule has 96 valence electrons. The van der Waals surface area contributed by atoms with Gasteiger partial charge in [-0.3, -0.25) is 4.79 Å². The molecule has 0 bridgehead atoms. The molecule has 1 unspecified atom stereocenters. The van der Waals surface area contributed by atoms with Crippen LogP contribution < -0.4 is 0 Å². The van der Waals surface area contributed by atoms with E-state index < -0.39 is 0 Å². The van der Waals surface area contributed by atoms with Gasteiger partial charge in [0.25, 0.3) is 0 Å². The van der Waals surface area contributed by atoms with Gasteiger partial charge in [0.15, 0.2) is 5.78 Å². The van der Waals surface area contributed by atoms with Crippen molar-refractivity contribution in [2.45, 2.75) is 31.5 Å². The van der Waals surface area contributed by atoms with E-state index in [-0.39, 0.29) is 10.6 Å². The zero-order valence-corrected chi connectivity index (χ0v) is 12.5. The van der Waals surface area contributed by atoms with Crippen molar-refractivity contribution in [3.63, 3.8) is 0 Å². The van der Waals surface area contributed by atoms with E-state index >= 15 is 0 Å². The van der Waals surface area contributed by atoms with Crippen molar-refractivity contribution >= 4 is 32.7 Å². The van der Waals surface area contributed by atoms with Gasteiger partial charge in [-0.15, -0.1) is 0 Å². The van der Waals surface area contributed by atoms with Crippen molar-refractivity contribution in [1.82, 2.24) is 9.55 Å². The van der Waals surface area contributed by atoms with Gasteiger partial charge < -0.3 is 4.57 Å². The Morgan fingerprint density at radius 3 is 2.89 bits per heavy atom. The van der Waals surface area contributed by atoms with E-state index in [1.54, 1.807) is 0 Å². The quantitative estimate of drug-likeness (QED) is 0.638. The van der Waals surface area contributed by atoms with Crippen LogP contribution in [0.1, 0.15) is 35.9 Å². The van der Waals surface area contributed by atoms with Gasteiger partial charge in [0.1, 0.15) is 5.82 Å². The molecular weight excluding hydrogens is 292 g/mol. The molecule has 0 aliphatic carbocycles. The van der Waals surface area contributed by atoms with Gasteiger partial charge in [0.2, 0.25) is 0 Å². The first-order valence-electron chi connectivity index (χ1n) is 6.16. The molecule has 0 amide bonds. The number of aromatic nitrogens is 2. The van der Waals surface area contributed by atoms with Crippen LogP contribution in [-0.2, 0) is 7.05 Å². The van der Waals surface area contributed by atoms with Crippen LogP contribution in [0.5, 0.6) is 0 Å². The first-order valence-corrected chi connectivity index (χ1v) is 7.07. The lowest BCUT2D eigenvalue weighted by Crippen LogP contribution is -2.13. The Balaban J connectivity index is 2.38. The molecule has 4 heteroatoms. The maximum Gasteiger partial charge on any atom is 0.176 e. The number of carbonyl (C=O) groups excluding carboxylic acids is 1. The maximum atomic E-state index is 12.2. The van der Waals surface area contributed by atoms with E-state index in [9.17, 15) is 4.79 Å². The van der Waals surface area contributed by atoms with E-state index in [0.29, 0.717) is 0 Å². The van der Waals surface area contributed by atoms with Gasteiger partial charge >= 0.3 is 0 Å².